The predicted octanol–water partition coefficient (Wildman–Crippen LogP) is 6.03. The van der Waals surface area contributed by atoms with Gasteiger partial charge in [-0.2, -0.15) is 0 Å². The molecule has 0 aliphatic heterocycles. The molecule has 0 aliphatic rings. The Morgan fingerprint density at radius 2 is 1.85 bits per heavy atom. The zero-order valence-electron chi connectivity index (χ0n) is 18.3. The normalized spacial score (nSPS) is 10.8. The Kier molecular flexibility index (Phi) is 7.32. The highest BCUT2D eigenvalue weighted by molar-refractivity contribution is 7.99. The average molecular weight is 479 g/mol. The summed E-state index contributed by atoms with van der Waals surface area (Å²) in [5, 5.41) is 12.9. The zero-order valence-corrected chi connectivity index (χ0v) is 19.9. The standard InChI is InChI=1S/C25H23ClN4O2S/c1-3-32-20-13-11-19(12-14-20)30-24(21-9-4-5-10-22(21)26)28-29-25(30)33-16-23(31)27-18-8-6-7-17(2)15-18/h4-15H,3,16H2,1-2H3,(H,27,31). The molecule has 0 atom stereocenters. The van der Waals surface area contributed by atoms with E-state index in [-0.39, 0.29) is 11.7 Å². The fourth-order valence-electron chi connectivity index (χ4n) is 3.32. The van der Waals surface area contributed by atoms with E-state index in [0.29, 0.717) is 22.6 Å². The average Bonchev–Trinajstić information content (AvgIpc) is 3.22. The van der Waals surface area contributed by atoms with Crippen molar-refractivity contribution in [2.45, 2.75) is 19.0 Å². The summed E-state index contributed by atoms with van der Waals surface area (Å²) in [6.07, 6.45) is 0. The molecule has 6 nitrogen and oxygen atoms in total. The van der Waals surface area contributed by atoms with E-state index in [4.69, 9.17) is 16.3 Å². The molecule has 8 heteroatoms. The molecule has 0 aliphatic carbocycles. The lowest BCUT2D eigenvalue weighted by Crippen LogP contribution is -2.14. The first-order valence-corrected chi connectivity index (χ1v) is 11.8. The fourth-order valence-corrected chi connectivity index (χ4v) is 4.29. The van der Waals surface area contributed by atoms with Gasteiger partial charge in [0.05, 0.1) is 17.4 Å². The van der Waals surface area contributed by atoms with Gasteiger partial charge in [0.2, 0.25) is 5.91 Å². The number of aromatic nitrogens is 3. The maximum absolute atomic E-state index is 12.6. The summed E-state index contributed by atoms with van der Waals surface area (Å²) in [5.41, 5.74) is 3.46. The molecule has 1 amide bonds. The van der Waals surface area contributed by atoms with Crippen LogP contribution in [0.25, 0.3) is 17.1 Å². The first-order chi connectivity index (χ1) is 16.0. The molecule has 1 aromatic heterocycles. The fraction of sp³-hybridized carbons (Fsp3) is 0.160. The number of carbonyl (C=O) groups excluding carboxylic acids is 1. The third kappa shape index (κ3) is 5.56. The Bertz CT molecular complexity index is 1260. The molecule has 4 rings (SSSR count). The number of halogens is 1. The monoisotopic (exact) mass is 478 g/mol. The minimum absolute atomic E-state index is 0.119. The maximum atomic E-state index is 12.6. The van der Waals surface area contributed by atoms with E-state index in [0.717, 1.165) is 28.3 Å². The van der Waals surface area contributed by atoms with E-state index in [2.05, 4.69) is 15.5 Å². The van der Waals surface area contributed by atoms with Crippen molar-refractivity contribution >= 4 is 35.0 Å². The van der Waals surface area contributed by atoms with Gasteiger partial charge in [-0.3, -0.25) is 9.36 Å². The van der Waals surface area contributed by atoms with E-state index < -0.39 is 0 Å². The number of benzene rings is 3. The number of thioether (sulfide) groups is 1. The molecule has 168 valence electrons. The van der Waals surface area contributed by atoms with E-state index >= 15 is 0 Å². The summed E-state index contributed by atoms with van der Waals surface area (Å²) in [5.74, 6) is 1.45. The number of carbonyl (C=O) groups is 1. The lowest BCUT2D eigenvalue weighted by Gasteiger charge is -2.12. The molecule has 1 N–H and O–H groups in total. The Balaban J connectivity index is 1.62. The van der Waals surface area contributed by atoms with Gasteiger partial charge in [-0.15, -0.1) is 10.2 Å². The molecular weight excluding hydrogens is 456 g/mol. The van der Waals surface area contributed by atoms with Crippen molar-refractivity contribution in [3.8, 4) is 22.8 Å². The van der Waals surface area contributed by atoms with Gasteiger partial charge in [-0.05, 0) is 67.9 Å². The van der Waals surface area contributed by atoms with Gasteiger partial charge in [0.1, 0.15) is 5.75 Å². The van der Waals surface area contributed by atoms with Gasteiger partial charge >= 0.3 is 0 Å². The highest BCUT2D eigenvalue weighted by atomic mass is 35.5. The van der Waals surface area contributed by atoms with Gasteiger partial charge in [0, 0.05) is 16.9 Å². The number of hydrogen-bond acceptors (Lipinski definition) is 5. The van der Waals surface area contributed by atoms with Crippen LogP contribution in [-0.2, 0) is 4.79 Å². The molecule has 3 aromatic carbocycles. The minimum Gasteiger partial charge on any atom is -0.494 e. The quantitative estimate of drug-likeness (QED) is 0.313. The summed E-state index contributed by atoms with van der Waals surface area (Å²) in [4.78, 5) is 12.6. The van der Waals surface area contributed by atoms with Crippen LogP contribution in [-0.4, -0.2) is 33.0 Å². The van der Waals surface area contributed by atoms with Crippen molar-refractivity contribution in [3.63, 3.8) is 0 Å². The third-order valence-electron chi connectivity index (χ3n) is 4.79. The minimum atomic E-state index is -0.119. The predicted molar refractivity (Wildman–Crippen MR) is 134 cm³/mol. The van der Waals surface area contributed by atoms with Crippen molar-refractivity contribution in [2.75, 3.05) is 17.7 Å². The molecule has 0 saturated heterocycles. The molecule has 0 bridgehead atoms. The largest absolute Gasteiger partial charge is 0.494 e. The van der Waals surface area contributed by atoms with Crippen molar-refractivity contribution in [1.29, 1.82) is 0 Å². The second kappa shape index (κ2) is 10.6. The second-order valence-corrected chi connectivity index (χ2v) is 8.60. The second-order valence-electron chi connectivity index (χ2n) is 7.25. The van der Waals surface area contributed by atoms with Crippen LogP contribution in [0.15, 0.2) is 78.0 Å². The lowest BCUT2D eigenvalue weighted by atomic mass is 10.2. The van der Waals surface area contributed by atoms with Crippen LogP contribution in [0.4, 0.5) is 5.69 Å². The number of rotatable bonds is 8. The van der Waals surface area contributed by atoms with E-state index in [9.17, 15) is 4.79 Å². The number of nitrogens with one attached hydrogen (secondary N) is 1. The van der Waals surface area contributed by atoms with Crippen LogP contribution in [0.5, 0.6) is 5.75 Å². The topological polar surface area (TPSA) is 69.0 Å². The number of hydrogen-bond donors (Lipinski definition) is 1. The Labute approximate surface area is 202 Å². The van der Waals surface area contributed by atoms with Gasteiger partial charge in [0.25, 0.3) is 0 Å². The molecule has 4 aromatic rings. The number of nitrogens with zero attached hydrogens (tertiary/aromatic N) is 3. The first-order valence-electron chi connectivity index (χ1n) is 10.5. The van der Waals surface area contributed by atoms with Crippen molar-refractivity contribution in [1.82, 2.24) is 14.8 Å². The van der Waals surface area contributed by atoms with E-state index in [1.54, 1.807) is 0 Å². The van der Waals surface area contributed by atoms with Gasteiger partial charge in [-0.25, -0.2) is 0 Å². The summed E-state index contributed by atoms with van der Waals surface area (Å²) in [7, 11) is 0. The third-order valence-corrected chi connectivity index (χ3v) is 6.05. The number of anilines is 1. The highest BCUT2D eigenvalue weighted by Crippen LogP contribution is 2.32. The van der Waals surface area contributed by atoms with Gasteiger partial charge in [0.15, 0.2) is 11.0 Å². The van der Waals surface area contributed by atoms with Gasteiger partial charge < -0.3 is 10.1 Å². The van der Waals surface area contributed by atoms with Crippen LogP contribution < -0.4 is 10.1 Å². The lowest BCUT2D eigenvalue weighted by molar-refractivity contribution is -0.113. The van der Waals surface area contributed by atoms with Crippen molar-refractivity contribution in [2.24, 2.45) is 0 Å². The van der Waals surface area contributed by atoms with Crippen molar-refractivity contribution in [3.05, 3.63) is 83.4 Å². The molecule has 0 radical (unpaired) electrons. The Morgan fingerprint density at radius 3 is 2.58 bits per heavy atom. The zero-order chi connectivity index (χ0) is 23.2. The number of amides is 1. The summed E-state index contributed by atoms with van der Waals surface area (Å²) >= 11 is 7.76. The molecule has 1 heterocycles. The Hall–Kier alpha value is -3.29. The number of ether oxygens (including phenoxy) is 1. The first kappa shape index (κ1) is 22.9. The molecular formula is C25H23ClN4O2S. The SMILES string of the molecule is CCOc1ccc(-n2c(SCC(=O)Nc3cccc(C)c3)nnc2-c2ccccc2Cl)cc1. The van der Waals surface area contributed by atoms with Crippen LogP contribution in [0.3, 0.4) is 0 Å². The molecule has 0 fully saturated rings. The highest BCUT2D eigenvalue weighted by Gasteiger charge is 2.19. The summed E-state index contributed by atoms with van der Waals surface area (Å²) in [6, 6.07) is 22.9. The molecule has 0 saturated carbocycles. The Morgan fingerprint density at radius 1 is 1.06 bits per heavy atom. The number of aryl methyl sites for hydroxylation is 1. The summed E-state index contributed by atoms with van der Waals surface area (Å²) in [6.45, 7) is 4.52. The molecule has 33 heavy (non-hydrogen) atoms. The van der Waals surface area contributed by atoms with E-state index in [1.807, 2.05) is 91.2 Å². The van der Waals surface area contributed by atoms with Crippen LogP contribution in [0, 0.1) is 6.92 Å². The molecule has 0 spiro atoms. The van der Waals surface area contributed by atoms with Crippen molar-refractivity contribution < 1.29 is 9.53 Å². The van der Waals surface area contributed by atoms with E-state index in [1.165, 1.54) is 11.8 Å². The summed E-state index contributed by atoms with van der Waals surface area (Å²) < 4.78 is 7.47. The van der Waals surface area contributed by atoms with Gasteiger partial charge in [-0.1, -0.05) is 47.6 Å². The molecule has 0 unspecified atom stereocenters. The maximum Gasteiger partial charge on any atom is 0.234 e. The van der Waals surface area contributed by atoms with Crippen LogP contribution in [0.1, 0.15) is 12.5 Å². The smallest absolute Gasteiger partial charge is 0.234 e. The van der Waals surface area contributed by atoms with Crippen LogP contribution >= 0.6 is 23.4 Å². The van der Waals surface area contributed by atoms with Crippen LogP contribution in [0.2, 0.25) is 5.02 Å².